The molecule has 0 aliphatic heterocycles. The van der Waals surface area contributed by atoms with Gasteiger partial charge in [-0.05, 0) is 12.5 Å². The van der Waals surface area contributed by atoms with Gasteiger partial charge in [-0.15, -0.1) is 6.58 Å². The maximum absolute atomic E-state index is 12.1. The lowest BCUT2D eigenvalue weighted by atomic mass is 10.0. The van der Waals surface area contributed by atoms with Gasteiger partial charge in [-0.2, -0.15) is 0 Å². The van der Waals surface area contributed by atoms with E-state index >= 15 is 0 Å². The molecule has 0 N–H and O–H groups in total. The second-order valence-corrected chi connectivity index (χ2v) is 6.14. The molecule has 4 heteroatoms. The molecule has 0 heterocycles. The summed E-state index contributed by atoms with van der Waals surface area (Å²) in [4.78, 5) is 12.1. The predicted molar refractivity (Wildman–Crippen MR) is 100 cm³/mol. The van der Waals surface area contributed by atoms with Crippen LogP contribution in [-0.2, 0) is 25.6 Å². The van der Waals surface area contributed by atoms with Gasteiger partial charge in [0.1, 0.15) is 0 Å². The van der Waals surface area contributed by atoms with Crippen LogP contribution in [0.1, 0.15) is 26.3 Å². The minimum absolute atomic E-state index is 0.0613. The third-order valence-corrected chi connectivity index (χ3v) is 4.00. The molecule has 138 valence electrons. The van der Waals surface area contributed by atoms with Gasteiger partial charge in [0.2, 0.25) is 0 Å². The molecule has 0 aliphatic carbocycles. The number of carbonyl (C=O) groups is 1. The molecule has 0 unspecified atom stereocenters. The zero-order valence-corrected chi connectivity index (χ0v) is 15.7. The summed E-state index contributed by atoms with van der Waals surface area (Å²) in [5.41, 5.74) is 1.12. The van der Waals surface area contributed by atoms with Gasteiger partial charge in [-0.1, -0.05) is 62.4 Å². The van der Waals surface area contributed by atoms with Gasteiger partial charge in [-0.3, -0.25) is 0 Å². The standard InChI is InChI=1S/C21H30O4/c1-6-11-16(3)20(21(22)23-5)25-19(7-2)17(4)14-24-15-18-12-9-8-10-13-18/h6-13,16-17,19-20H,2,14-15H2,1,3-5H3/b11-6+/t16-,17+,19+,20-/m0/s1. The summed E-state index contributed by atoms with van der Waals surface area (Å²) in [7, 11) is 1.37. The first-order valence-corrected chi connectivity index (χ1v) is 8.63. The summed E-state index contributed by atoms with van der Waals surface area (Å²) in [6.07, 6.45) is 4.58. The molecule has 4 atom stereocenters. The van der Waals surface area contributed by atoms with Crippen LogP contribution in [0, 0.1) is 11.8 Å². The van der Waals surface area contributed by atoms with Gasteiger partial charge in [0, 0.05) is 11.8 Å². The first-order valence-electron chi connectivity index (χ1n) is 8.63. The van der Waals surface area contributed by atoms with Crippen LogP contribution in [0.15, 0.2) is 55.1 Å². The van der Waals surface area contributed by atoms with Gasteiger partial charge in [0.15, 0.2) is 6.10 Å². The number of methoxy groups -OCH3 is 1. The number of rotatable bonds is 11. The molecule has 0 amide bonds. The fourth-order valence-electron chi connectivity index (χ4n) is 2.54. The minimum atomic E-state index is -0.666. The Morgan fingerprint density at radius 1 is 1.24 bits per heavy atom. The number of hydrogen-bond donors (Lipinski definition) is 0. The van der Waals surface area contributed by atoms with Crippen molar-refractivity contribution in [1.29, 1.82) is 0 Å². The number of benzene rings is 1. The Bertz CT molecular complexity index is 538. The van der Waals surface area contributed by atoms with Crippen molar-refractivity contribution in [2.75, 3.05) is 13.7 Å². The van der Waals surface area contributed by atoms with Crippen molar-refractivity contribution in [1.82, 2.24) is 0 Å². The van der Waals surface area contributed by atoms with Crippen LogP contribution in [0.5, 0.6) is 0 Å². The van der Waals surface area contributed by atoms with Crippen LogP contribution in [0.2, 0.25) is 0 Å². The molecule has 0 spiro atoms. The molecule has 0 fully saturated rings. The molecular formula is C21H30O4. The number of carbonyl (C=O) groups excluding carboxylic acids is 1. The van der Waals surface area contributed by atoms with E-state index in [0.717, 1.165) is 5.56 Å². The molecule has 0 saturated carbocycles. The summed E-state index contributed by atoms with van der Waals surface area (Å²) >= 11 is 0. The van der Waals surface area contributed by atoms with Crippen molar-refractivity contribution in [2.45, 2.75) is 39.6 Å². The number of hydrogen-bond acceptors (Lipinski definition) is 4. The summed E-state index contributed by atoms with van der Waals surface area (Å²) in [5, 5.41) is 0. The molecule has 0 radical (unpaired) electrons. The maximum atomic E-state index is 12.1. The summed E-state index contributed by atoms with van der Waals surface area (Å²) < 4.78 is 16.7. The summed E-state index contributed by atoms with van der Waals surface area (Å²) in [5.74, 6) is -0.404. The Kier molecular flexibility index (Phi) is 9.81. The quantitative estimate of drug-likeness (QED) is 0.446. The molecule has 1 rings (SSSR count). The lowest BCUT2D eigenvalue weighted by Crippen LogP contribution is -2.37. The number of allylic oxidation sites excluding steroid dienone is 1. The molecule has 1 aromatic rings. The van der Waals surface area contributed by atoms with Crippen LogP contribution in [-0.4, -0.2) is 31.9 Å². The first-order chi connectivity index (χ1) is 12.0. The fraction of sp³-hybridized carbons (Fsp3) is 0.476. The fourth-order valence-corrected chi connectivity index (χ4v) is 2.54. The van der Waals surface area contributed by atoms with Crippen LogP contribution in [0.4, 0.5) is 0 Å². The molecule has 0 bridgehead atoms. The van der Waals surface area contributed by atoms with E-state index in [9.17, 15) is 4.79 Å². The van der Waals surface area contributed by atoms with Crippen molar-refractivity contribution < 1.29 is 19.0 Å². The second-order valence-electron chi connectivity index (χ2n) is 6.14. The molecule has 0 aliphatic rings. The van der Waals surface area contributed by atoms with Crippen LogP contribution >= 0.6 is 0 Å². The molecular weight excluding hydrogens is 316 g/mol. The van der Waals surface area contributed by atoms with Crippen molar-refractivity contribution in [3.05, 3.63) is 60.7 Å². The Morgan fingerprint density at radius 2 is 1.92 bits per heavy atom. The normalized spacial score (nSPS) is 16.2. The van der Waals surface area contributed by atoms with E-state index in [0.29, 0.717) is 13.2 Å². The average Bonchev–Trinajstić information content (AvgIpc) is 2.63. The number of esters is 1. The summed E-state index contributed by atoms with van der Waals surface area (Å²) in [6, 6.07) is 10.0. The van der Waals surface area contributed by atoms with Gasteiger partial charge in [0.05, 0.1) is 26.4 Å². The molecule has 0 aromatic heterocycles. The third kappa shape index (κ3) is 7.24. The summed E-state index contributed by atoms with van der Waals surface area (Å²) in [6.45, 7) is 10.8. The second kappa shape index (κ2) is 11.6. The van der Waals surface area contributed by atoms with Crippen molar-refractivity contribution >= 4 is 5.97 Å². The maximum Gasteiger partial charge on any atom is 0.335 e. The van der Waals surface area contributed by atoms with Gasteiger partial charge in [0.25, 0.3) is 0 Å². The van der Waals surface area contributed by atoms with Gasteiger partial charge in [-0.25, -0.2) is 4.79 Å². The van der Waals surface area contributed by atoms with E-state index in [2.05, 4.69) is 6.58 Å². The Hall–Kier alpha value is -1.91. The largest absolute Gasteiger partial charge is 0.467 e. The topological polar surface area (TPSA) is 44.8 Å². The van der Waals surface area contributed by atoms with Crippen molar-refractivity contribution in [3.63, 3.8) is 0 Å². The minimum Gasteiger partial charge on any atom is -0.467 e. The van der Waals surface area contributed by atoms with E-state index < -0.39 is 6.10 Å². The number of ether oxygens (including phenoxy) is 3. The molecule has 1 aromatic carbocycles. The van der Waals surface area contributed by atoms with Crippen molar-refractivity contribution in [3.8, 4) is 0 Å². The van der Waals surface area contributed by atoms with E-state index in [4.69, 9.17) is 14.2 Å². The Labute approximate surface area is 151 Å². The highest BCUT2D eigenvalue weighted by Gasteiger charge is 2.29. The highest BCUT2D eigenvalue weighted by molar-refractivity contribution is 5.75. The van der Waals surface area contributed by atoms with Crippen LogP contribution in [0.3, 0.4) is 0 Å². The highest BCUT2D eigenvalue weighted by Crippen LogP contribution is 2.19. The molecule has 25 heavy (non-hydrogen) atoms. The van der Waals surface area contributed by atoms with Crippen LogP contribution < -0.4 is 0 Å². The van der Waals surface area contributed by atoms with E-state index in [1.807, 2.05) is 63.3 Å². The zero-order valence-electron chi connectivity index (χ0n) is 15.7. The van der Waals surface area contributed by atoms with Crippen molar-refractivity contribution in [2.24, 2.45) is 11.8 Å². The third-order valence-electron chi connectivity index (χ3n) is 4.00. The highest BCUT2D eigenvalue weighted by atomic mass is 16.6. The van der Waals surface area contributed by atoms with E-state index in [1.165, 1.54) is 7.11 Å². The Morgan fingerprint density at radius 3 is 2.48 bits per heavy atom. The Balaban J connectivity index is 2.61. The lowest BCUT2D eigenvalue weighted by Gasteiger charge is -2.28. The lowest BCUT2D eigenvalue weighted by molar-refractivity contribution is -0.161. The SMILES string of the molecule is C=C[C@@H](O[C@H](C(=O)OC)[C@@H](C)/C=C/C)[C@H](C)COCc1ccccc1. The first kappa shape index (κ1) is 21.1. The van der Waals surface area contributed by atoms with E-state index in [-0.39, 0.29) is 23.9 Å². The zero-order chi connectivity index (χ0) is 18.7. The monoisotopic (exact) mass is 346 g/mol. The van der Waals surface area contributed by atoms with Gasteiger partial charge < -0.3 is 14.2 Å². The molecule has 4 nitrogen and oxygen atoms in total. The smallest absolute Gasteiger partial charge is 0.335 e. The van der Waals surface area contributed by atoms with E-state index in [1.54, 1.807) is 6.08 Å². The average molecular weight is 346 g/mol. The van der Waals surface area contributed by atoms with Crippen LogP contribution in [0.25, 0.3) is 0 Å². The predicted octanol–water partition coefficient (Wildman–Crippen LogP) is 4.16. The van der Waals surface area contributed by atoms with Gasteiger partial charge >= 0.3 is 5.97 Å². The molecule has 0 saturated heterocycles.